The maximum absolute atomic E-state index is 5.46. The standard InChI is InChI=1S/C12H20N2OS/c1-4-9(15-3)12-14-11-8(13-2)6-5-7-10(11)16-12/h8-9,13H,4-7H2,1-3H3. The molecule has 90 valence electrons. The van der Waals surface area contributed by atoms with Crippen LogP contribution in [0.25, 0.3) is 0 Å². The molecule has 0 bridgehead atoms. The van der Waals surface area contributed by atoms with Gasteiger partial charge < -0.3 is 10.1 Å². The van der Waals surface area contributed by atoms with Crippen LogP contribution in [0.3, 0.4) is 0 Å². The Balaban J connectivity index is 2.27. The van der Waals surface area contributed by atoms with Gasteiger partial charge in [0.15, 0.2) is 0 Å². The van der Waals surface area contributed by atoms with E-state index in [0.717, 1.165) is 11.4 Å². The lowest BCUT2D eigenvalue weighted by Crippen LogP contribution is -2.21. The molecular weight excluding hydrogens is 220 g/mol. The molecule has 0 fully saturated rings. The summed E-state index contributed by atoms with van der Waals surface area (Å²) in [7, 11) is 3.79. The number of thiazole rings is 1. The topological polar surface area (TPSA) is 34.1 Å². The Bertz CT molecular complexity index is 347. The first-order chi connectivity index (χ1) is 7.80. The van der Waals surface area contributed by atoms with Crippen molar-refractivity contribution in [1.29, 1.82) is 0 Å². The summed E-state index contributed by atoms with van der Waals surface area (Å²) >= 11 is 1.84. The largest absolute Gasteiger partial charge is 0.374 e. The van der Waals surface area contributed by atoms with Crippen molar-refractivity contribution in [2.45, 2.75) is 44.8 Å². The number of rotatable bonds is 4. The van der Waals surface area contributed by atoms with Crippen LogP contribution in [0.1, 0.15) is 53.9 Å². The molecule has 1 N–H and O–H groups in total. The van der Waals surface area contributed by atoms with E-state index in [1.165, 1.54) is 29.8 Å². The Morgan fingerprint density at radius 1 is 1.62 bits per heavy atom. The molecule has 3 nitrogen and oxygen atoms in total. The van der Waals surface area contributed by atoms with Crippen molar-refractivity contribution >= 4 is 11.3 Å². The Kier molecular flexibility index (Phi) is 3.95. The van der Waals surface area contributed by atoms with Gasteiger partial charge in [-0.2, -0.15) is 0 Å². The molecule has 1 aliphatic rings. The van der Waals surface area contributed by atoms with Gasteiger partial charge in [0.05, 0.1) is 11.7 Å². The van der Waals surface area contributed by atoms with Crippen LogP contribution in [0.5, 0.6) is 0 Å². The molecule has 0 saturated heterocycles. The summed E-state index contributed by atoms with van der Waals surface area (Å²) in [6.07, 6.45) is 4.83. The number of aryl methyl sites for hydroxylation is 1. The first kappa shape index (κ1) is 12.0. The molecule has 1 aromatic rings. The summed E-state index contributed by atoms with van der Waals surface area (Å²) in [6.45, 7) is 2.14. The van der Waals surface area contributed by atoms with Crippen LogP contribution < -0.4 is 5.32 Å². The normalized spacial score (nSPS) is 21.8. The lowest BCUT2D eigenvalue weighted by molar-refractivity contribution is 0.0996. The van der Waals surface area contributed by atoms with E-state index in [9.17, 15) is 0 Å². The van der Waals surface area contributed by atoms with E-state index in [4.69, 9.17) is 9.72 Å². The van der Waals surface area contributed by atoms with E-state index in [0.29, 0.717) is 6.04 Å². The van der Waals surface area contributed by atoms with Crippen LogP contribution in [-0.2, 0) is 11.2 Å². The number of fused-ring (bicyclic) bond motifs is 1. The molecule has 0 radical (unpaired) electrons. The maximum Gasteiger partial charge on any atom is 0.122 e. The van der Waals surface area contributed by atoms with Crippen LogP contribution in [0.2, 0.25) is 0 Å². The van der Waals surface area contributed by atoms with E-state index in [1.807, 2.05) is 18.4 Å². The molecule has 2 rings (SSSR count). The first-order valence-corrected chi connectivity index (χ1v) is 6.81. The van der Waals surface area contributed by atoms with Crippen molar-refractivity contribution in [1.82, 2.24) is 10.3 Å². The summed E-state index contributed by atoms with van der Waals surface area (Å²) in [5.74, 6) is 0. The summed E-state index contributed by atoms with van der Waals surface area (Å²) in [5, 5.41) is 4.50. The average molecular weight is 240 g/mol. The third kappa shape index (κ3) is 2.14. The summed E-state index contributed by atoms with van der Waals surface area (Å²) < 4.78 is 5.46. The van der Waals surface area contributed by atoms with Gasteiger partial charge in [-0.3, -0.25) is 0 Å². The molecule has 0 aliphatic heterocycles. The number of ether oxygens (including phenoxy) is 1. The molecular formula is C12H20N2OS. The number of nitrogens with zero attached hydrogens (tertiary/aromatic N) is 1. The van der Waals surface area contributed by atoms with Gasteiger partial charge in [0, 0.05) is 12.0 Å². The highest BCUT2D eigenvalue weighted by molar-refractivity contribution is 7.11. The predicted molar refractivity (Wildman–Crippen MR) is 66.9 cm³/mol. The molecule has 1 aliphatic carbocycles. The average Bonchev–Trinajstić information content (AvgIpc) is 2.73. The molecule has 1 heterocycles. The second-order valence-corrected chi connectivity index (χ2v) is 5.34. The van der Waals surface area contributed by atoms with Gasteiger partial charge in [-0.15, -0.1) is 11.3 Å². The molecule has 0 amide bonds. The molecule has 2 unspecified atom stereocenters. The molecule has 0 spiro atoms. The lowest BCUT2D eigenvalue weighted by atomic mass is 9.98. The van der Waals surface area contributed by atoms with Crippen LogP contribution >= 0.6 is 11.3 Å². The smallest absolute Gasteiger partial charge is 0.122 e. The highest BCUT2D eigenvalue weighted by Crippen LogP contribution is 2.36. The van der Waals surface area contributed by atoms with Gasteiger partial charge in [-0.1, -0.05) is 6.92 Å². The van der Waals surface area contributed by atoms with Gasteiger partial charge >= 0.3 is 0 Å². The zero-order valence-electron chi connectivity index (χ0n) is 10.2. The third-order valence-corrected chi connectivity index (χ3v) is 4.47. The van der Waals surface area contributed by atoms with E-state index in [-0.39, 0.29) is 6.10 Å². The van der Waals surface area contributed by atoms with Crippen molar-refractivity contribution in [3.05, 3.63) is 15.6 Å². The van der Waals surface area contributed by atoms with Crippen LogP contribution in [0.4, 0.5) is 0 Å². The minimum absolute atomic E-state index is 0.174. The molecule has 0 saturated carbocycles. The lowest BCUT2D eigenvalue weighted by Gasteiger charge is -2.19. The Labute approximate surface area is 101 Å². The minimum atomic E-state index is 0.174. The quantitative estimate of drug-likeness (QED) is 0.878. The fourth-order valence-electron chi connectivity index (χ4n) is 2.30. The van der Waals surface area contributed by atoms with E-state index >= 15 is 0 Å². The van der Waals surface area contributed by atoms with Gasteiger partial charge in [0.25, 0.3) is 0 Å². The zero-order valence-corrected chi connectivity index (χ0v) is 11.1. The zero-order chi connectivity index (χ0) is 11.5. The Morgan fingerprint density at radius 3 is 3.06 bits per heavy atom. The van der Waals surface area contributed by atoms with E-state index in [2.05, 4.69) is 12.2 Å². The number of methoxy groups -OCH3 is 1. The van der Waals surface area contributed by atoms with Crippen molar-refractivity contribution < 1.29 is 4.74 Å². The Hall–Kier alpha value is -0.450. The van der Waals surface area contributed by atoms with Crippen molar-refractivity contribution in [2.24, 2.45) is 0 Å². The number of nitrogens with one attached hydrogen (secondary N) is 1. The number of aromatic nitrogens is 1. The summed E-state index contributed by atoms with van der Waals surface area (Å²) in [4.78, 5) is 6.23. The fraction of sp³-hybridized carbons (Fsp3) is 0.750. The van der Waals surface area contributed by atoms with Gasteiger partial charge in [0.2, 0.25) is 0 Å². The first-order valence-electron chi connectivity index (χ1n) is 5.99. The van der Waals surface area contributed by atoms with Gasteiger partial charge in [-0.05, 0) is 32.7 Å². The predicted octanol–water partition coefficient (Wildman–Crippen LogP) is 2.84. The SMILES string of the molecule is CCC(OC)c1nc2c(s1)CCCC2NC. The second kappa shape index (κ2) is 5.25. The number of hydrogen-bond acceptors (Lipinski definition) is 4. The maximum atomic E-state index is 5.46. The van der Waals surface area contributed by atoms with Crippen molar-refractivity contribution in [3.63, 3.8) is 0 Å². The number of hydrogen-bond donors (Lipinski definition) is 1. The molecule has 16 heavy (non-hydrogen) atoms. The minimum Gasteiger partial charge on any atom is -0.374 e. The van der Waals surface area contributed by atoms with Crippen molar-refractivity contribution in [3.8, 4) is 0 Å². The highest BCUT2D eigenvalue weighted by atomic mass is 32.1. The molecule has 0 aromatic carbocycles. The monoisotopic (exact) mass is 240 g/mol. The highest BCUT2D eigenvalue weighted by Gasteiger charge is 2.25. The van der Waals surface area contributed by atoms with Gasteiger partial charge in [0.1, 0.15) is 11.1 Å². The fourth-order valence-corrected chi connectivity index (χ4v) is 3.63. The van der Waals surface area contributed by atoms with Gasteiger partial charge in [-0.25, -0.2) is 4.98 Å². The van der Waals surface area contributed by atoms with Crippen molar-refractivity contribution in [2.75, 3.05) is 14.2 Å². The molecule has 2 atom stereocenters. The van der Waals surface area contributed by atoms with Crippen LogP contribution in [0.15, 0.2) is 0 Å². The third-order valence-electron chi connectivity index (χ3n) is 3.25. The van der Waals surface area contributed by atoms with E-state index in [1.54, 1.807) is 7.11 Å². The summed E-state index contributed by atoms with van der Waals surface area (Å²) in [6, 6.07) is 0.447. The molecule has 1 aromatic heterocycles. The summed E-state index contributed by atoms with van der Waals surface area (Å²) in [5.41, 5.74) is 1.27. The van der Waals surface area contributed by atoms with E-state index < -0.39 is 0 Å². The second-order valence-electron chi connectivity index (χ2n) is 4.23. The Morgan fingerprint density at radius 2 is 2.44 bits per heavy atom. The molecule has 4 heteroatoms. The van der Waals surface area contributed by atoms with Crippen LogP contribution in [0, 0.1) is 0 Å². The van der Waals surface area contributed by atoms with Crippen LogP contribution in [-0.4, -0.2) is 19.1 Å².